The number of hydrogen-bond donors (Lipinski definition) is 1. The quantitative estimate of drug-likeness (QED) is 0.693. The number of sulfonamides is 1. The maximum Gasteiger partial charge on any atom is 0.416 e. The molecule has 0 aromatic heterocycles. The predicted octanol–water partition coefficient (Wildman–Crippen LogP) is 4.41. The first-order valence-electron chi connectivity index (χ1n) is 9.34. The van der Waals surface area contributed by atoms with Crippen LogP contribution < -0.4 is 10.1 Å². The van der Waals surface area contributed by atoms with Crippen LogP contribution in [0.15, 0.2) is 47.4 Å². The molecule has 3 rings (SSSR count). The molecular formula is C20H20ClF3N2O4S. The van der Waals surface area contributed by atoms with E-state index in [1.165, 1.54) is 35.7 Å². The third-order valence-electron chi connectivity index (χ3n) is 5.00. The molecule has 1 saturated heterocycles. The first-order chi connectivity index (χ1) is 14.5. The molecule has 11 heteroatoms. The molecule has 2 aromatic rings. The number of alkyl halides is 3. The number of benzene rings is 2. The van der Waals surface area contributed by atoms with Crippen molar-refractivity contribution in [3.8, 4) is 5.75 Å². The van der Waals surface area contributed by atoms with Crippen LogP contribution in [0.25, 0.3) is 0 Å². The van der Waals surface area contributed by atoms with Crippen molar-refractivity contribution in [2.75, 3.05) is 25.5 Å². The summed E-state index contributed by atoms with van der Waals surface area (Å²) in [6.45, 7) is 0.152. The molecule has 1 atom stereocenters. The van der Waals surface area contributed by atoms with Gasteiger partial charge in [0.05, 0.1) is 34.2 Å². The van der Waals surface area contributed by atoms with Crippen LogP contribution in [0, 0.1) is 5.92 Å². The second-order valence-corrected chi connectivity index (χ2v) is 9.40. The number of carbonyl (C=O) groups excluding carboxylic acids is 1. The van der Waals surface area contributed by atoms with Gasteiger partial charge in [0, 0.05) is 13.1 Å². The lowest BCUT2D eigenvalue weighted by Gasteiger charge is -2.31. The maximum atomic E-state index is 12.9. The average Bonchev–Trinajstić information content (AvgIpc) is 2.74. The van der Waals surface area contributed by atoms with E-state index < -0.39 is 33.6 Å². The molecule has 31 heavy (non-hydrogen) atoms. The second kappa shape index (κ2) is 9.05. The molecule has 2 aromatic carbocycles. The molecule has 0 spiro atoms. The van der Waals surface area contributed by atoms with Gasteiger partial charge in [-0.2, -0.15) is 17.5 Å². The standard InChI is InChI=1S/C20H20ClF3N2O4S/c1-30-15-5-7-16(8-6-15)31(28,29)26-10-2-3-13(12-26)19(27)25-18-11-14(20(22,23)24)4-9-17(18)21/h4-9,11,13H,2-3,10,12H2,1H3,(H,25,27)/t13-/m1/s1. The summed E-state index contributed by atoms with van der Waals surface area (Å²) in [6.07, 6.45) is -3.75. The van der Waals surface area contributed by atoms with Crippen molar-refractivity contribution in [2.45, 2.75) is 23.9 Å². The Morgan fingerprint density at radius 2 is 1.87 bits per heavy atom. The van der Waals surface area contributed by atoms with E-state index in [9.17, 15) is 26.4 Å². The minimum absolute atomic E-state index is 0.0418. The Kier molecular flexibility index (Phi) is 6.82. The van der Waals surface area contributed by atoms with Gasteiger partial charge in [-0.05, 0) is 55.3 Å². The Bertz CT molecular complexity index is 1060. The Labute approximate surface area is 183 Å². The molecule has 1 fully saturated rings. The summed E-state index contributed by atoms with van der Waals surface area (Å²) in [7, 11) is -2.37. The molecule has 1 aliphatic rings. The summed E-state index contributed by atoms with van der Waals surface area (Å²) in [5.41, 5.74) is -1.11. The van der Waals surface area contributed by atoms with Crippen LogP contribution >= 0.6 is 11.6 Å². The molecular weight excluding hydrogens is 457 g/mol. The minimum Gasteiger partial charge on any atom is -0.497 e. The minimum atomic E-state index is -4.59. The van der Waals surface area contributed by atoms with Crippen LogP contribution in [-0.2, 0) is 21.0 Å². The van der Waals surface area contributed by atoms with Crippen molar-refractivity contribution < 1.29 is 31.1 Å². The molecule has 0 saturated carbocycles. The van der Waals surface area contributed by atoms with Crippen LogP contribution in [0.1, 0.15) is 18.4 Å². The van der Waals surface area contributed by atoms with E-state index in [4.69, 9.17) is 16.3 Å². The molecule has 6 nitrogen and oxygen atoms in total. The van der Waals surface area contributed by atoms with E-state index in [0.717, 1.165) is 18.2 Å². The van der Waals surface area contributed by atoms with Crippen LogP contribution in [0.2, 0.25) is 5.02 Å². The molecule has 0 bridgehead atoms. The normalized spacial score (nSPS) is 17.9. The van der Waals surface area contributed by atoms with Gasteiger partial charge in [0.1, 0.15) is 5.75 Å². The third kappa shape index (κ3) is 5.31. The Hall–Kier alpha value is -2.30. The summed E-state index contributed by atoms with van der Waals surface area (Å²) < 4.78 is 70.9. The van der Waals surface area contributed by atoms with E-state index in [1.54, 1.807) is 0 Å². The van der Waals surface area contributed by atoms with Gasteiger partial charge in [-0.15, -0.1) is 0 Å². The van der Waals surface area contributed by atoms with Gasteiger partial charge < -0.3 is 10.1 Å². The van der Waals surface area contributed by atoms with Crippen LogP contribution in [0.4, 0.5) is 18.9 Å². The zero-order chi connectivity index (χ0) is 22.8. The number of amides is 1. The van der Waals surface area contributed by atoms with E-state index in [2.05, 4.69) is 5.32 Å². The van der Waals surface area contributed by atoms with Gasteiger partial charge in [0.25, 0.3) is 0 Å². The van der Waals surface area contributed by atoms with Crippen molar-refractivity contribution in [3.63, 3.8) is 0 Å². The predicted molar refractivity (Wildman–Crippen MR) is 110 cm³/mol. The van der Waals surface area contributed by atoms with Crippen molar-refractivity contribution in [3.05, 3.63) is 53.1 Å². The molecule has 1 heterocycles. The second-order valence-electron chi connectivity index (χ2n) is 7.06. The molecule has 1 amide bonds. The highest BCUT2D eigenvalue weighted by Gasteiger charge is 2.34. The van der Waals surface area contributed by atoms with Gasteiger partial charge in [0.15, 0.2) is 0 Å². The van der Waals surface area contributed by atoms with E-state index in [-0.39, 0.29) is 28.7 Å². The van der Waals surface area contributed by atoms with E-state index in [1.807, 2.05) is 0 Å². The van der Waals surface area contributed by atoms with Crippen molar-refractivity contribution >= 4 is 33.2 Å². The largest absolute Gasteiger partial charge is 0.497 e. The SMILES string of the molecule is COc1ccc(S(=O)(=O)N2CCC[C@@H](C(=O)Nc3cc(C(F)(F)F)ccc3Cl)C2)cc1. The fourth-order valence-corrected chi connectivity index (χ4v) is 4.99. The molecule has 0 aliphatic carbocycles. The highest BCUT2D eigenvalue weighted by atomic mass is 35.5. The monoisotopic (exact) mass is 476 g/mol. The number of nitrogens with zero attached hydrogens (tertiary/aromatic N) is 1. The van der Waals surface area contributed by atoms with E-state index in [0.29, 0.717) is 18.6 Å². The smallest absolute Gasteiger partial charge is 0.416 e. The van der Waals surface area contributed by atoms with Crippen LogP contribution in [0.5, 0.6) is 5.75 Å². The highest BCUT2D eigenvalue weighted by molar-refractivity contribution is 7.89. The lowest BCUT2D eigenvalue weighted by atomic mass is 9.98. The van der Waals surface area contributed by atoms with Gasteiger partial charge in [-0.1, -0.05) is 11.6 Å². The number of anilines is 1. The van der Waals surface area contributed by atoms with Gasteiger partial charge in [0.2, 0.25) is 15.9 Å². The lowest BCUT2D eigenvalue weighted by molar-refractivity contribution is -0.137. The maximum absolute atomic E-state index is 12.9. The fraction of sp³-hybridized carbons (Fsp3) is 0.350. The number of rotatable bonds is 5. The van der Waals surface area contributed by atoms with Gasteiger partial charge in [-0.3, -0.25) is 4.79 Å². The highest BCUT2D eigenvalue weighted by Crippen LogP contribution is 2.34. The zero-order valence-electron chi connectivity index (χ0n) is 16.4. The van der Waals surface area contributed by atoms with Crippen LogP contribution in [-0.4, -0.2) is 38.8 Å². The number of carbonyl (C=O) groups is 1. The molecule has 1 aliphatic heterocycles. The summed E-state index contributed by atoms with van der Waals surface area (Å²) >= 11 is 5.94. The van der Waals surface area contributed by atoms with Crippen LogP contribution in [0.3, 0.4) is 0 Å². The number of methoxy groups -OCH3 is 1. The first kappa shape index (κ1) is 23.4. The van der Waals surface area contributed by atoms with E-state index >= 15 is 0 Å². The number of hydrogen-bond acceptors (Lipinski definition) is 4. The Morgan fingerprint density at radius 3 is 2.48 bits per heavy atom. The molecule has 1 N–H and O–H groups in total. The van der Waals surface area contributed by atoms with Crippen molar-refractivity contribution in [1.82, 2.24) is 4.31 Å². The first-order valence-corrected chi connectivity index (χ1v) is 11.2. The summed E-state index contributed by atoms with van der Waals surface area (Å²) in [5, 5.41) is 2.37. The number of ether oxygens (including phenoxy) is 1. The Balaban J connectivity index is 1.75. The zero-order valence-corrected chi connectivity index (χ0v) is 18.0. The fourth-order valence-electron chi connectivity index (χ4n) is 3.30. The Morgan fingerprint density at radius 1 is 1.19 bits per heavy atom. The third-order valence-corrected chi connectivity index (χ3v) is 7.21. The summed E-state index contributed by atoms with van der Waals surface area (Å²) in [5.74, 6) is -0.809. The summed E-state index contributed by atoms with van der Waals surface area (Å²) in [4.78, 5) is 12.7. The molecule has 0 radical (unpaired) electrons. The van der Waals surface area contributed by atoms with Gasteiger partial charge >= 0.3 is 6.18 Å². The van der Waals surface area contributed by atoms with Gasteiger partial charge in [-0.25, -0.2) is 8.42 Å². The van der Waals surface area contributed by atoms with Crippen molar-refractivity contribution in [1.29, 1.82) is 0 Å². The summed E-state index contributed by atoms with van der Waals surface area (Å²) in [6, 6.07) is 8.52. The average molecular weight is 477 g/mol. The van der Waals surface area contributed by atoms with Crippen molar-refractivity contribution in [2.24, 2.45) is 5.92 Å². The number of halogens is 4. The molecule has 168 valence electrons. The lowest BCUT2D eigenvalue weighted by Crippen LogP contribution is -2.43. The number of nitrogens with one attached hydrogen (secondary N) is 1. The topological polar surface area (TPSA) is 75.7 Å². The molecule has 0 unspecified atom stereocenters. The number of piperidine rings is 1.